The maximum Gasteiger partial charge on any atom is 0.251 e. The lowest BCUT2D eigenvalue weighted by Gasteiger charge is -2.39. The van der Waals surface area contributed by atoms with Crippen LogP contribution in [-0.4, -0.2) is 53.5 Å². The lowest BCUT2D eigenvalue weighted by Crippen LogP contribution is -2.50. The summed E-state index contributed by atoms with van der Waals surface area (Å²) in [6.07, 6.45) is 1.97. The number of carbonyl (C=O) groups is 1. The Morgan fingerprint density at radius 1 is 1.07 bits per heavy atom. The number of hydrogen-bond acceptors (Lipinski definition) is 7. The molecule has 1 aromatic heterocycles. The largest absolute Gasteiger partial charge is 0.494 e. The van der Waals surface area contributed by atoms with Crippen molar-refractivity contribution in [2.45, 2.75) is 90.0 Å². The van der Waals surface area contributed by atoms with E-state index in [2.05, 4.69) is 61.5 Å². The summed E-state index contributed by atoms with van der Waals surface area (Å²) in [6.45, 7) is 11.7. The number of benzene rings is 2. The van der Waals surface area contributed by atoms with Crippen molar-refractivity contribution in [2.24, 2.45) is 0 Å². The van der Waals surface area contributed by atoms with Crippen molar-refractivity contribution in [1.82, 2.24) is 15.6 Å². The van der Waals surface area contributed by atoms with Gasteiger partial charge in [-0.05, 0) is 81.3 Å². The molecule has 0 saturated heterocycles. The number of ether oxygens (including phenoxy) is 3. The van der Waals surface area contributed by atoms with Gasteiger partial charge < -0.3 is 30.0 Å². The molecule has 1 amide bonds. The van der Waals surface area contributed by atoms with Crippen molar-refractivity contribution in [3.05, 3.63) is 82.5 Å². The van der Waals surface area contributed by atoms with Gasteiger partial charge in [0.05, 0.1) is 25.4 Å². The predicted octanol–water partition coefficient (Wildman–Crippen LogP) is 5.66. The molecule has 230 valence electrons. The lowest BCUT2D eigenvalue weighted by atomic mass is 9.87. The number of fused-ring (bicyclic) bond motifs is 5. The first-order chi connectivity index (χ1) is 20.6. The highest BCUT2D eigenvalue weighted by molar-refractivity contribution is 5.94. The van der Waals surface area contributed by atoms with Crippen molar-refractivity contribution < 1.29 is 24.1 Å². The monoisotopic (exact) mass is 587 g/mol. The van der Waals surface area contributed by atoms with E-state index in [0.29, 0.717) is 42.7 Å². The molecule has 8 nitrogen and oxygen atoms in total. The SMILES string of the molecule is Cc1cc2cc(n1)OCCCCOc1cccc(c1)C[C@@H]([C@H](O)CN[C@H]1CC(C)(C)Oc3ccc(C(C)C)cc31)NC2=O. The van der Waals surface area contributed by atoms with E-state index in [1.165, 1.54) is 5.56 Å². The van der Waals surface area contributed by atoms with E-state index in [1.807, 2.05) is 31.2 Å². The fourth-order valence-electron chi connectivity index (χ4n) is 5.78. The first-order valence-electron chi connectivity index (χ1n) is 15.4. The number of aromatic nitrogens is 1. The van der Waals surface area contributed by atoms with E-state index in [1.54, 1.807) is 12.1 Å². The van der Waals surface area contributed by atoms with Crippen LogP contribution in [-0.2, 0) is 6.42 Å². The van der Waals surface area contributed by atoms with Crippen molar-refractivity contribution in [3.8, 4) is 17.4 Å². The third-order valence-corrected chi connectivity index (χ3v) is 8.12. The molecule has 5 rings (SSSR count). The number of pyridine rings is 1. The minimum absolute atomic E-state index is 0.00622. The van der Waals surface area contributed by atoms with Crippen molar-refractivity contribution in [3.63, 3.8) is 0 Å². The number of nitrogens with one attached hydrogen (secondary N) is 2. The number of aliphatic hydroxyl groups is 1. The molecule has 0 radical (unpaired) electrons. The Morgan fingerprint density at radius 3 is 2.65 bits per heavy atom. The summed E-state index contributed by atoms with van der Waals surface area (Å²) < 4.78 is 18.1. The van der Waals surface area contributed by atoms with E-state index in [4.69, 9.17) is 14.2 Å². The smallest absolute Gasteiger partial charge is 0.251 e. The second-order valence-corrected chi connectivity index (χ2v) is 12.7. The molecule has 0 aliphatic carbocycles. The fraction of sp³-hybridized carbons (Fsp3) is 0.486. The van der Waals surface area contributed by atoms with Crippen LogP contribution in [0.5, 0.6) is 17.4 Å². The zero-order valence-corrected chi connectivity index (χ0v) is 26.0. The summed E-state index contributed by atoms with van der Waals surface area (Å²) in [7, 11) is 0. The van der Waals surface area contributed by atoms with Gasteiger partial charge in [-0.1, -0.05) is 38.1 Å². The topological polar surface area (TPSA) is 102 Å². The van der Waals surface area contributed by atoms with Gasteiger partial charge in [0.25, 0.3) is 5.91 Å². The Kier molecular flexibility index (Phi) is 9.57. The molecule has 2 aliphatic rings. The van der Waals surface area contributed by atoms with Gasteiger partial charge in [-0.15, -0.1) is 0 Å². The third kappa shape index (κ3) is 8.06. The Labute approximate surface area is 255 Å². The summed E-state index contributed by atoms with van der Waals surface area (Å²) in [5, 5.41) is 18.3. The minimum Gasteiger partial charge on any atom is -0.494 e. The van der Waals surface area contributed by atoms with Gasteiger partial charge in [-0.3, -0.25) is 4.79 Å². The molecule has 0 fully saturated rings. The van der Waals surface area contributed by atoms with Crippen LogP contribution in [0.4, 0.5) is 0 Å². The normalized spacial score (nSPS) is 21.0. The number of hydrogen-bond donors (Lipinski definition) is 3. The van der Waals surface area contributed by atoms with Crippen molar-refractivity contribution >= 4 is 5.91 Å². The van der Waals surface area contributed by atoms with Gasteiger partial charge >= 0.3 is 0 Å². The molecule has 3 heterocycles. The van der Waals surface area contributed by atoms with Crippen LogP contribution in [0.15, 0.2) is 54.6 Å². The number of nitrogens with zero attached hydrogens (tertiary/aromatic N) is 1. The van der Waals surface area contributed by atoms with Crippen LogP contribution in [0.25, 0.3) is 0 Å². The maximum atomic E-state index is 13.6. The average Bonchev–Trinajstić information content (AvgIpc) is 2.95. The van der Waals surface area contributed by atoms with Gasteiger partial charge in [0, 0.05) is 41.9 Å². The highest BCUT2D eigenvalue weighted by atomic mass is 16.5. The Balaban J connectivity index is 1.39. The molecule has 0 unspecified atom stereocenters. The molecule has 43 heavy (non-hydrogen) atoms. The maximum absolute atomic E-state index is 13.6. The molecule has 3 N–H and O–H groups in total. The highest BCUT2D eigenvalue weighted by Gasteiger charge is 2.35. The molecular weight excluding hydrogens is 542 g/mol. The van der Waals surface area contributed by atoms with E-state index in [-0.39, 0.29) is 24.1 Å². The van der Waals surface area contributed by atoms with Crippen molar-refractivity contribution in [1.29, 1.82) is 0 Å². The number of aryl methyl sites for hydroxylation is 1. The number of amides is 1. The second kappa shape index (κ2) is 13.3. The zero-order chi connectivity index (χ0) is 30.6. The Morgan fingerprint density at radius 2 is 1.86 bits per heavy atom. The molecule has 3 aromatic rings. The van der Waals surface area contributed by atoms with Gasteiger partial charge in [0.15, 0.2) is 0 Å². The molecular formula is C35H45N3O5. The Bertz CT molecular complexity index is 1420. The van der Waals surface area contributed by atoms with Crippen LogP contribution in [0.1, 0.15) is 91.7 Å². The number of rotatable bonds is 5. The average molecular weight is 588 g/mol. The first-order valence-corrected chi connectivity index (χ1v) is 15.4. The van der Waals surface area contributed by atoms with Gasteiger partial charge in [-0.25, -0.2) is 4.98 Å². The fourth-order valence-corrected chi connectivity index (χ4v) is 5.78. The molecule has 8 heteroatoms. The molecule has 2 aromatic carbocycles. The molecule has 3 atom stereocenters. The lowest BCUT2D eigenvalue weighted by molar-refractivity contribution is 0.0582. The predicted molar refractivity (Wildman–Crippen MR) is 167 cm³/mol. The second-order valence-electron chi connectivity index (χ2n) is 12.7. The zero-order valence-electron chi connectivity index (χ0n) is 26.0. The summed E-state index contributed by atoms with van der Waals surface area (Å²) in [6, 6.07) is 17.1. The number of aliphatic hydroxyl groups excluding tert-OH is 1. The molecule has 0 spiro atoms. The summed E-state index contributed by atoms with van der Waals surface area (Å²) in [5.74, 6) is 2.17. The first kappa shape index (κ1) is 30.8. The van der Waals surface area contributed by atoms with Gasteiger partial charge in [-0.2, -0.15) is 0 Å². The third-order valence-electron chi connectivity index (χ3n) is 8.12. The standard InChI is InChI=1S/C35H45N3O5/c1-22(2)25-11-12-32-28(18-25)30(20-35(4,5)43-32)36-21-31(39)29-17-24-9-8-10-27(16-24)41-13-6-7-14-42-33-19-26(34(40)38-29)15-23(3)37-33/h8-12,15-16,18-19,22,29-31,36,39H,6-7,13-14,17,20-21H2,1-5H3,(H,38,40)/t29-,30-,31+/m0/s1. The van der Waals surface area contributed by atoms with Gasteiger partial charge in [0.1, 0.15) is 17.1 Å². The van der Waals surface area contributed by atoms with E-state index in [9.17, 15) is 9.90 Å². The van der Waals surface area contributed by atoms with Crippen molar-refractivity contribution in [2.75, 3.05) is 19.8 Å². The minimum atomic E-state index is -0.867. The van der Waals surface area contributed by atoms with Crippen LogP contribution in [0.2, 0.25) is 0 Å². The Hall–Kier alpha value is -3.62. The van der Waals surface area contributed by atoms with Crippen LogP contribution < -0.4 is 24.8 Å². The van der Waals surface area contributed by atoms with Crippen LogP contribution >= 0.6 is 0 Å². The molecule has 0 saturated carbocycles. The summed E-state index contributed by atoms with van der Waals surface area (Å²) in [4.78, 5) is 18.0. The summed E-state index contributed by atoms with van der Waals surface area (Å²) in [5.41, 5.74) is 4.12. The van der Waals surface area contributed by atoms with E-state index in [0.717, 1.165) is 41.9 Å². The number of carbonyl (C=O) groups excluding carboxylic acids is 1. The molecule has 4 bridgehead atoms. The quantitative estimate of drug-likeness (QED) is 0.354. The van der Waals surface area contributed by atoms with Crippen LogP contribution in [0, 0.1) is 6.92 Å². The van der Waals surface area contributed by atoms with Gasteiger partial charge in [0.2, 0.25) is 5.88 Å². The van der Waals surface area contributed by atoms with E-state index >= 15 is 0 Å². The highest BCUT2D eigenvalue weighted by Crippen LogP contribution is 2.40. The van der Waals surface area contributed by atoms with Crippen LogP contribution in [0.3, 0.4) is 0 Å². The van der Waals surface area contributed by atoms with E-state index < -0.39 is 12.1 Å². The summed E-state index contributed by atoms with van der Waals surface area (Å²) >= 11 is 0. The molecule has 2 aliphatic heterocycles.